The molecule has 0 atom stereocenters. The van der Waals surface area contributed by atoms with Crippen molar-refractivity contribution in [3.05, 3.63) is 21.1 Å². The Kier molecular flexibility index (Phi) is 2.63. The number of thiocarbonyl (C=S) groups is 1. The highest BCUT2D eigenvalue weighted by molar-refractivity contribution is 8.27. The van der Waals surface area contributed by atoms with Gasteiger partial charge in [0, 0.05) is 0 Å². The zero-order chi connectivity index (χ0) is 6.69. The molecule has 0 aromatic heterocycles. The van der Waals surface area contributed by atoms with Gasteiger partial charge in [0.05, 0.1) is 9.23 Å². The molecule has 0 aromatic rings. The Balaban J connectivity index is 2.53. The van der Waals surface area contributed by atoms with Crippen LogP contribution in [0.5, 0.6) is 0 Å². The van der Waals surface area contributed by atoms with Gasteiger partial charge in [0.15, 0.2) is 0 Å². The van der Waals surface area contributed by atoms with Crippen LogP contribution < -0.4 is 5.73 Å². The highest BCUT2D eigenvalue weighted by atomic mass is 32.2. The van der Waals surface area contributed by atoms with Gasteiger partial charge in [-0.3, -0.25) is 0 Å². The molecule has 1 nitrogen and oxygen atoms in total. The Labute approximate surface area is 67.8 Å². The summed E-state index contributed by atoms with van der Waals surface area (Å²) in [5, 5.41) is 4.02. The third kappa shape index (κ3) is 2.43. The van der Waals surface area contributed by atoms with Gasteiger partial charge in [-0.05, 0) is 16.9 Å². The molecule has 1 heterocycles. The van der Waals surface area contributed by atoms with Gasteiger partial charge in [-0.25, -0.2) is 0 Å². The molecule has 1 aliphatic heterocycles. The average Bonchev–Trinajstić information content (AvgIpc) is 2.15. The van der Waals surface area contributed by atoms with Crippen LogP contribution in [0.4, 0.5) is 0 Å². The summed E-state index contributed by atoms with van der Waals surface area (Å²) in [6.45, 7) is 0. The topological polar surface area (TPSA) is 26.0 Å². The second-order valence-electron chi connectivity index (χ2n) is 1.37. The maximum Gasteiger partial charge on any atom is 0.0978 e. The van der Waals surface area contributed by atoms with Gasteiger partial charge in [0.2, 0.25) is 0 Å². The van der Waals surface area contributed by atoms with E-state index in [-0.39, 0.29) is 0 Å². The van der Waals surface area contributed by atoms with Crippen LogP contribution in [-0.4, -0.2) is 4.99 Å². The van der Waals surface area contributed by atoms with Gasteiger partial charge in [-0.1, -0.05) is 35.7 Å². The quantitative estimate of drug-likeness (QED) is 0.487. The van der Waals surface area contributed by atoms with Crippen LogP contribution in [-0.2, 0) is 0 Å². The molecule has 1 rings (SSSR count). The summed E-state index contributed by atoms with van der Waals surface area (Å²) < 4.78 is 1.16. The summed E-state index contributed by atoms with van der Waals surface area (Å²) in [5.74, 6) is 0. The molecule has 4 heteroatoms. The van der Waals surface area contributed by atoms with E-state index in [0.717, 1.165) is 4.24 Å². The predicted octanol–water partition coefficient (Wildman–Crippen LogP) is 2.07. The summed E-state index contributed by atoms with van der Waals surface area (Å²) in [6, 6.07) is 0. The first-order valence-electron chi connectivity index (χ1n) is 2.28. The minimum atomic E-state index is 0.452. The van der Waals surface area contributed by atoms with Crippen molar-refractivity contribution in [1.82, 2.24) is 0 Å². The van der Waals surface area contributed by atoms with E-state index in [1.807, 2.05) is 10.8 Å². The van der Waals surface area contributed by atoms with Crippen LogP contribution in [0.3, 0.4) is 0 Å². The van der Waals surface area contributed by atoms with E-state index in [2.05, 4.69) is 12.2 Å². The van der Waals surface area contributed by atoms with E-state index < -0.39 is 0 Å². The fraction of sp³-hybridized carbons (Fsp3) is 0. The van der Waals surface area contributed by atoms with Gasteiger partial charge in [-0.15, -0.1) is 0 Å². The van der Waals surface area contributed by atoms with Gasteiger partial charge in [-0.2, -0.15) is 0 Å². The minimum Gasteiger partial charge on any atom is -0.390 e. The van der Waals surface area contributed by atoms with Crippen molar-refractivity contribution >= 4 is 40.7 Å². The maximum atomic E-state index is 5.27. The summed E-state index contributed by atoms with van der Waals surface area (Å²) in [7, 11) is 0. The fourth-order valence-corrected chi connectivity index (χ4v) is 2.33. The first-order valence-corrected chi connectivity index (χ1v) is 4.45. The Hall–Kier alpha value is 0.0700. The van der Waals surface area contributed by atoms with Crippen LogP contribution in [0.2, 0.25) is 0 Å². The fourth-order valence-electron chi connectivity index (χ4n) is 0.402. The number of hydrogen-bond acceptors (Lipinski definition) is 3. The molecule has 0 fully saturated rings. The molecule has 0 aromatic carbocycles. The first-order chi connectivity index (χ1) is 4.29. The smallest absolute Gasteiger partial charge is 0.0978 e. The van der Waals surface area contributed by atoms with Gasteiger partial charge in [0.25, 0.3) is 0 Å². The van der Waals surface area contributed by atoms with E-state index in [4.69, 9.17) is 5.73 Å². The standard InChI is InChI=1S/C5H5NS3/c6-4(7)3-5-8-1-2-9-5/h1-3H,(H2,6,7). The normalized spacial score (nSPS) is 16.2. The summed E-state index contributed by atoms with van der Waals surface area (Å²) in [6.07, 6.45) is 1.80. The molecular weight excluding hydrogens is 170 g/mol. The molecule has 0 saturated carbocycles. The van der Waals surface area contributed by atoms with Crippen LogP contribution in [0, 0.1) is 0 Å². The third-order valence-electron chi connectivity index (χ3n) is 0.684. The molecule has 0 spiro atoms. The average molecular weight is 175 g/mol. The Bertz CT molecular complexity index is 173. The van der Waals surface area contributed by atoms with Crippen LogP contribution >= 0.6 is 35.7 Å². The van der Waals surface area contributed by atoms with Crippen molar-refractivity contribution < 1.29 is 0 Å². The monoisotopic (exact) mass is 175 g/mol. The zero-order valence-electron chi connectivity index (χ0n) is 4.53. The Morgan fingerprint density at radius 1 is 1.56 bits per heavy atom. The SMILES string of the molecule is NC(=S)C=C1SC=CS1. The molecule has 9 heavy (non-hydrogen) atoms. The second-order valence-corrected chi connectivity index (χ2v) is 4.00. The molecule has 1 aliphatic rings. The highest BCUT2D eigenvalue weighted by Crippen LogP contribution is 2.36. The summed E-state index contributed by atoms with van der Waals surface area (Å²) >= 11 is 7.97. The predicted molar refractivity (Wildman–Crippen MR) is 49.2 cm³/mol. The Morgan fingerprint density at radius 2 is 2.11 bits per heavy atom. The maximum absolute atomic E-state index is 5.27. The molecule has 0 radical (unpaired) electrons. The van der Waals surface area contributed by atoms with E-state index in [1.54, 1.807) is 29.6 Å². The van der Waals surface area contributed by atoms with Gasteiger partial charge in [0.1, 0.15) is 0 Å². The van der Waals surface area contributed by atoms with Crippen molar-refractivity contribution in [2.75, 3.05) is 0 Å². The number of thioether (sulfide) groups is 2. The third-order valence-corrected chi connectivity index (χ3v) is 2.80. The van der Waals surface area contributed by atoms with Crippen LogP contribution in [0.15, 0.2) is 21.1 Å². The van der Waals surface area contributed by atoms with Crippen molar-refractivity contribution in [2.24, 2.45) is 5.73 Å². The first kappa shape index (κ1) is 7.18. The largest absolute Gasteiger partial charge is 0.390 e. The van der Waals surface area contributed by atoms with Crippen molar-refractivity contribution in [3.63, 3.8) is 0 Å². The Morgan fingerprint density at radius 3 is 2.56 bits per heavy atom. The van der Waals surface area contributed by atoms with E-state index in [0.29, 0.717) is 4.99 Å². The van der Waals surface area contributed by atoms with Crippen molar-refractivity contribution in [3.8, 4) is 0 Å². The highest BCUT2D eigenvalue weighted by Gasteiger charge is 2.00. The van der Waals surface area contributed by atoms with Gasteiger partial charge < -0.3 is 5.73 Å². The van der Waals surface area contributed by atoms with Crippen LogP contribution in [0.25, 0.3) is 0 Å². The molecule has 2 N–H and O–H groups in total. The molecule has 48 valence electrons. The van der Waals surface area contributed by atoms with Crippen LogP contribution in [0.1, 0.15) is 0 Å². The summed E-state index contributed by atoms with van der Waals surface area (Å²) in [4.78, 5) is 0.452. The molecule has 0 saturated heterocycles. The molecule has 0 bridgehead atoms. The second kappa shape index (κ2) is 3.29. The van der Waals surface area contributed by atoms with E-state index >= 15 is 0 Å². The lowest BCUT2D eigenvalue weighted by atomic mass is 10.7. The number of rotatable bonds is 1. The molecule has 0 aliphatic carbocycles. The van der Waals surface area contributed by atoms with Crippen molar-refractivity contribution in [2.45, 2.75) is 0 Å². The number of nitrogens with two attached hydrogens (primary N) is 1. The molecule has 0 amide bonds. The van der Waals surface area contributed by atoms with Gasteiger partial charge >= 0.3 is 0 Å². The molecule has 0 unspecified atom stereocenters. The van der Waals surface area contributed by atoms with E-state index in [1.165, 1.54) is 0 Å². The van der Waals surface area contributed by atoms with Crippen molar-refractivity contribution in [1.29, 1.82) is 0 Å². The lowest BCUT2D eigenvalue weighted by Gasteiger charge is -1.89. The van der Waals surface area contributed by atoms with E-state index in [9.17, 15) is 0 Å². The lowest BCUT2D eigenvalue weighted by Crippen LogP contribution is -2.02. The summed E-state index contributed by atoms with van der Waals surface area (Å²) in [5.41, 5.74) is 5.27. The minimum absolute atomic E-state index is 0.452. The lowest BCUT2D eigenvalue weighted by molar-refractivity contribution is 1.83. The number of hydrogen-bond donors (Lipinski definition) is 1. The molecular formula is C5H5NS3. The zero-order valence-corrected chi connectivity index (χ0v) is 6.98.